The molecule has 0 radical (unpaired) electrons. The number of ether oxygens (including phenoxy) is 3. The first-order chi connectivity index (χ1) is 13.8. The summed E-state index contributed by atoms with van der Waals surface area (Å²) in [5.74, 6) is 0.156. The summed E-state index contributed by atoms with van der Waals surface area (Å²) in [6.07, 6.45) is 1.27. The third kappa shape index (κ3) is 5.86. The quantitative estimate of drug-likeness (QED) is 0.574. The summed E-state index contributed by atoms with van der Waals surface area (Å²) >= 11 is 0. The number of amides is 1. The Labute approximate surface area is 172 Å². The summed E-state index contributed by atoms with van der Waals surface area (Å²) in [6.45, 7) is 12.0. The molecule has 1 heterocycles. The van der Waals surface area contributed by atoms with Crippen LogP contribution in [0.2, 0.25) is 0 Å². The molecular formula is C20H30N2O6S. The first-order valence-corrected chi connectivity index (χ1v) is 11.4. The highest BCUT2D eigenvalue weighted by atomic mass is 32.2. The molecule has 1 aliphatic heterocycles. The maximum atomic E-state index is 12.6. The molecule has 29 heavy (non-hydrogen) atoms. The maximum Gasteiger partial charge on any atom is 0.242 e. The minimum Gasteiger partial charge on any atom is -0.492 e. The molecule has 0 aromatic heterocycles. The minimum absolute atomic E-state index is 0.264. The van der Waals surface area contributed by atoms with Gasteiger partial charge >= 0.3 is 0 Å². The molecule has 1 atom stereocenters. The van der Waals surface area contributed by atoms with Crippen molar-refractivity contribution in [1.29, 1.82) is 0 Å². The molecule has 162 valence electrons. The standard InChI is InChI=1S/C20H30N2O6S/c1-5-12-29(24,25)15(4)20(23)21-16-13-19(28-7-3)17(14-18(16)27-6-2)22-8-10-26-11-9-22/h5,13-15H,1,6-12H2,2-4H3,(H,21,23). The first kappa shape index (κ1) is 23.0. The fourth-order valence-electron chi connectivity index (χ4n) is 2.95. The molecule has 0 saturated carbocycles. The predicted molar refractivity (Wildman–Crippen MR) is 114 cm³/mol. The van der Waals surface area contributed by atoms with E-state index in [1.807, 2.05) is 19.9 Å². The fourth-order valence-corrected chi connectivity index (χ4v) is 3.95. The highest BCUT2D eigenvalue weighted by molar-refractivity contribution is 7.92. The van der Waals surface area contributed by atoms with Gasteiger partial charge in [-0.15, -0.1) is 6.58 Å². The molecular weight excluding hydrogens is 396 g/mol. The SMILES string of the molecule is C=CCS(=O)(=O)C(C)C(=O)Nc1cc(OCC)c(N2CCOCC2)cc1OCC. The van der Waals surface area contributed by atoms with Crippen LogP contribution >= 0.6 is 0 Å². The van der Waals surface area contributed by atoms with Crippen LogP contribution < -0.4 is 19.7 Å². The molecule has 1 unspecified atom stereocenters. The zero-order valence-corrected chi connectivity index (χ0v) is 18.1. The number of hydrogen-bond acceptors (Lipinski definition) is 7. The van der Waals surface area contributed by atoms with Crippen LogP contribution in [0.25, 0.3) is 0 Å². The van der Waals surface area contributed by atoms with Crippen LogP contribution in [0.4, 0.5) is 11.4 Å². The molecule has 0 aliphatic carbocycles. The van der Waals surface area contributed by atoms with Crippen LogP contribution in [0.3, 0.4) is 0 Å². The van der Waals surface area contributed by atoms with Crippen molar-refractivity contribution in [2.45, 2.75) is 26.0 Å². The number of carbonyl (C=O) groups excluding carboxylic acids is 1. The van der Waals surface area contributed by atoms with Gasteiger partial charge in [0, 0.05) is 25.2 Å². The molecule has 1 amide bonds. The predicted octanol–water partition coefficient (Wildman–Crippen LogP) is 2.25. The second-order valence-electron chi connectivity index (χ2n) is 6.53. The molecule has 1 aromatic rings. The van der Waals surface area contributed by atoms with Crippen molar-refractivity contribution in [1.82, 2.24) is 0 Å². The number of sulfone groups is 1. The van der Waals surface area contributed by atoms with Crippen molar-refractivity contribution < 1.29 is 27.4 Å². The Kier molecular flexibility index (Phi) is 8.33. The van der Waals surface area contributed by atoms with Crippen LogP contribution in [0.15, 0.2) is 24.8 Å². The van der Waals surface area contributed by atoms with E-state index >= 15 is 0 Å². The average Bonchev–Trinajstić information content (AvgIpc) is 2.70. The largest absolute Gasteiger partial charge is 0.492 e. The molecule has 1 fully saturated rings. The van der Waals surface area contributed by atoms with E-state index in [9.17, 15) is 13.2 Å². The smallest absolute Gasteiger partial charge is 0.242 e. The van der Waals surface area contributed by atoms with E-state index in [0.717, 1.165) is 5.69 Å². The van der Waals surface area contributed by atoms with E-state index < -0.39 is 21.0 Å². The monoisotopic (exact) mass is 426 g/mol. The second-order valence-corrected chi connectivity index (χ2v) is 8.90. The lowest BCUT2D eigenvalue weighted by atomic mass is 10.2. The molecule has 8 nitrogen and oxygen atoms in total. The number of anilines is 2. The Morgan fingerprint density at radius 3 is 2.45 bits per heavy atom. The number of nitrogens with one attached hydrogen (secondary N) is 1. The Morgan fingerprint density at radius 1 is 1.24 bits per heavy atom. The highest BCUT2D eigenvalue weighted by Crippen LogP contribution is 2.39. The Morgan fingerprint density at radius 2 is 1.86 bits per heavy atom. The van der Waals surface area contributed by atoms with Gasteiger partial charge in [0.15, 0.2) is 9.84 Å². The van der Waals surface area contributed by atoms with E-state index in [1.165, 1.54) is 13.0 Å². The number of nitrogens with zero attached hydrogens (tertiary/aromatic N) is 1. The summed E-state index contributed by atoms with van der Waals surface area (Å²) in [4.78, 5) is 14.7. The van der Waals surface area contributed by atoms with E-state index in [-0.39, 0.29) is 5.75 Å². The van der Waals surface area contributed by atoms with Gasteiger partial charge in [0.2, 0.25) is 5.91 Å². The van der Waals surface area contributed by atoms with Crippen LogP contribution in [-0.2, 0) is 19.4 Å². The van der Waals surface area contributed by atoms with Crippen molar-refractivity contribution >= 4 is 27.1 Å². The Bertz CT molecular complexity index is 819. The van der Waals surface area contributed by atoms with Gasteiger partial charge in [0.05, 0.1) is 43.6 Å². The first-order valence-electron chi connectivity index (χ1n) is 9.73. The van der Waals surface area contributed by atoms with E-state index in [0.29, 0.717) is 56.7 Å². The molecule has 2 rings (SSSR count). The summed E-state index contributed by atoms with van der Waals surface area (Å²) in [6, 6.07) is 3.50. The van der Waals surface area contributed by atoms with Gasteiger partial charge in [0.1, 0.15) is 16.7 Å². The van der Waals surface area contributed by atoms with Gasteiger partial charge in [-0.2, -0.15) is 0 Å². The number of rotatable bonds is 10. The van der Waals surface area contributed by atoms with Gasteiger partial charge in [-0.3, -0.25) is 4.79 Å². The summed E-state index contributed by atoms with van der Waals surface area (Å²) in [5.41, 5.74) is 1.22. The van der Waals surface area contributed by atoms with Gasteiger partial charge < -0.3 is 24.4 Å². The third-order valence-corrected chi connectivity index (χ3v) is 6.52. The van der Waals surface area contributed by atoms with E-state index in [2.05, 4.69) is 16.8 Å². The van der Waals surface area contributed by atoms with E-state index in [1.54, 1.807) is 6.07 Å². The Balaban J connectivity index is 2.38. The minimum atomic E-state index is -3.62. The number of benzene rings is 1. The lowest BCUT2D eigenvalue weighted by Gasteiger charge is -2.31. The summed E-state index contributed by atoms with van der Waals surface area (Å²) in [5, 5.41) is 1.47. The Hall–Kier alpha value is -2.26. The molecule has 0 bridgehead atoms. The van der Waals surface area contributed by atoms with Crippen LogP contribution in [0, 0.1) is 0 Å². The lowest BCUT2D eigenvalue weighted by molar-refractivity contribution is -0.115. The molecule has 1 aromatic carbocycles. The van der Waals surface area contributed by atoms with Crippen molar-refractivity contribution in [3.05, 3.63) is 24.8 Å². The van der Waals surface area contributed by atoms with Gasteiger partial charge in [-0.1, -0.05) is 6.08 Å². The summed E-state index contributed by atoms with van der Waals surface area (Å²) < 4.78 is 41.3. The molecule has 1 saturated heterocycles. The second kappa shape index (κ2) is 10.5. The van der Waals surface area contributed by atoms with Gasteiger partial charge in [0.25, 0.3) is 0 Å². The van der Waals surface area contributed by atoms with Gasteiger partial charge in [-0.25, -0.2) is 8.42 Å². The number of morpholine rings is 1. The fraction of sp³-hybridized carbons (Fsp3) is 0.550. The van der Waals surface area contributed by atoms with Crippen LogP contribution in [0.5, 0.6) is 11.5 Å². The maximum absolute atomic E-state index is 12.6. The zero-order chi connectivity index (χ0) is 21.4. The average molecular weight is 427 g/mol. The molecule has 9 heteroatoms. The van der Waals surface area contributed by atoms with E-state index in [4.69, 9.17) is 14.2 Å². The summed E-state index contributed by atoms with van der Waals surface area (Å²) in [7, 11) is -3.62. The third-order valence-electron chi connectivity index (χ3n) is 4.53. The normalized spacial score (nSPS) is 15.5. The topological polar surface area (TPSA) is 94.2 Å². The van der Waals surface area contributed by atoms with Gasteiger partial charge in [-0.05, 0) is 20.8 Å². The number of carbonyl (C=O) groups is 1. The molecule has 1 N–H and O–H groups in total. The molecule has 1 aliphatic rings. The number of hydrogen-bond donors (Lipinski definition) is 1. The van der Waals surface area contributed by atoms with Crippen molar-refractivity contribution in [3.8, 4) is 11.5 Å². The molecule has 0 spiro atoms. The zero-order valence-electron chi connectivity index (χ0n) is 17.3. The lowest BCUT2D eigenvalue weighted by Crippen LogP contribution is -2.36. The highest BCUT2D eigenvalue weighted by Gasteiger charge is 2.28. The van der Waals surface area contributed by atoms with Crippen LogP contribution in [-0.4, -0.2) is 64.8 Å². The van der Waals surface area contributed by atoms with Crippen molar-refractivity contribution in [3.63, 3.8) is 0 Å². The van der Waals surface area contributed by atoms with Crippen molar-refractivity contribution in [2.24, 2.45) is 0 Å². The van der Waals surface area contributed by atoms with Crippen LogP contribution in [0.1, 0.15) is 20.8 Å². The van der Waals surface area contributed by atoms with Crippen molar-refractivity contribution in [2.75, 3.05) is 55.5 Å².